The fraction of sp³-hybridized carbons (Fsp3) is 0.357. The van der Waals surface area contributed by atoms with Gasteiger partial charge in [-0.15, -0.1) is 0 Å². The number of rotatable bonds is 7. The van der Waals surface area contributed by atoms with Crippen molar-refractivity contribution in [2.24, 2.45) is 0 Å². The highest BCUT2D eigenvalue weighted by Crippen LogP contribution is 2.46. The molecule has 1 fully saturated rings. The van der Waals surface area contributed by atoms with E-state index in [0.717, 1.165) is 37.1 Å². The molecule has 2 aliphatic rings. The Balaban J connectivity index is 1.33. The van der Waals surface area contributed by atoms with E-state index in [1.165, 1.54) is 4.31 Å². The number of likely N-dealkylation sites (tertiary alicyclic amines) is 1. The summed E-state index contributed by atoms with van der Waals surface area (Å²) in [7, 11) is -5.20. The molecule has 0 saturated carbocycles. The molecule has 36 heavy (non-hydrogen) atoms. The van der Waals surface area contributed by atoms with E-state index in [9.17, 15) is 16.8 Å². The number of piperidine rings is 1. The highest BCUT2D eigenvalue weighted by molar-refractivity contribution is 7.91. The number of sulfonamides is 1. The second-order valence-corrected chi connectivity index (χ2v) is 14.0. The lowest BCUT2D eigenvalue weighted by Crippen LogP contribution is -2.46. The third-order valence-corrected chi connectivity index (χ3v) is 11.5. The van der Waals surface area contributed by atoms with Gasteiger partial charge in [0.2, 0.25) is 10.0 Å². The van der Waals surface area contributed by atoms with Crippen LogP contribution in [-0.2, 0) is 25.3 Å². The summed E-state index contributed by atoms with van der Waals surface area (Å²) in [4.78, 5) is 3.15. The first-order valence-corrected chi connectivity index (χ1v) is 15.4. The van der Waals surface area contributed by atoms with Gasteiger partial charge in [-0.05, 0) is 55.3 Å². The Morgan fingerprint density at radius 3 is 2.14 bits per heavy atom. The summed E-state index contributed by atoms with van der Waals surface area (Å²) in [5.41, 5.74) is 1.75. The van der Waals surface area contributed by atoms with Crippen LogP contribution in [0.25, 0.3) is 0 Å². The molecule has 2 heterocycles. The van der Waals surface area contributed by atoms with Crippen molar-refractivity contribution in [3.63, 3.8) is 0 Å². The van der Waals surface area contributed by atoms with Gasteiger partial charge in [0.05, 0.1) is 15.5 Å². The van der Waals surface area contributed by atoms with Crippen molar-refractivity contribution in [3.8, 4) is 0 Å². The van der Waals surface area contributed by atoms with Crippen molar-refractivity contribution in [2.45, 2.75) is 34.0 Å². The van der Waals surface area contributed by atoms with Crippen LogP contribution >= 0.6 is 0 Å². The maximum Gasteiger partial charge on any atom is 0.242 e. The molecule has 0 amide bonds. The minimum Gasteiger partial charge on any atom is -0.303 e. The van der Waals surface area contributed by atoms with E-state index in [-0.39, 0.29) is 17.1 Å². The molecule has 1 atom stereocenters. The second kappa shape index (κ2) is 9.74. The van der Waals surface area contributed by atoms with Gasteiger partial charge in [0.1, 0.15) is 0 Å². The molecule has 0 aliphatic carbocycles. The molecular weight excluding hydrogens is 492 g/mol. The SMILES string of the molecule is CN(CC(CN1CCC2(CC1)CS(=O)(=O)c1ccccc12)c1ccccc1)S(=O)(=O)c1ccccc1. The van der Waals surface area contributed by atoms with Gasteiger partial charge >= 0.3 is 0 Å². The van der Waals surface area contributed by atoms with E-state index in [2.05, 4.69) is 17.0 Å². The number of benzene rings is 3. The summed E-state index contributed by atoms with van der Waals surface area (Å²) >= 11 is 0. The van der Waals surface area contributed by atoms with Crippen LogP contribution in [0.1, 0.15) is 29.9 Å². The first-order valence-electron chi connectivity index (χ1n) is 12.3. The molecule has 1 saturated heterocycles. The van der Waals surface area contributed by atoms with Gasteiger partial charge in [0, 0.05) is 31.5 Å². The van der Waals surface area contributed by atoms with Gasteiger partial charge in [0.15, 0.2) is 9.84 Å². The third kappa shape index (κ3) is 4.75. The molecule has 0 aromatic heterocycles. The largest absolute Gasteiger partial charge is 0.303 e. The maximum absolute atomic E-state index is 13.2. The van der Waals surface area contributed by atoms with Crippen LogP contribution in [0.5, 0.6) is 0 Å². The van der Waals surface area contributed by atoms with Crippen LogP contribution in [0.15, 0.2) is 94.7 Å². The van der Waals surface area contributed by atoms with E-state index >= 15 is 0 Å². The topological polar surface area (TPSA) is 74.8 Å². The van der Waals surface area contributed by atoms with E-state index in [0.29, 0.717) is 22.9 Å². The molecule has 2 aliphatic heterocycles. The second-order valence-electron chi connectivity index (χ2n) is 10.0. The number of likely N-dealkylation sites (N-methyl/N-ethyl adjacent to an activating group) is 1. The van der Waals surface area contributed by atoms with Crippen molar-refractivity contribution < 1.29 is 16.8 Å². The van der Waals surface area contributed by atoms with Crippen molar-refractivity contribution >= 4 is 19.9 Å². The zero-order chi connectivity index (χ0) is 25.4. The van der Waals surface area contributed by atoms with Gasteiger partial charge in [-0.3, -0.25) is 0 Å². The minimum atomic E-state index is -3.60. The molecule has 3 aromatic rings. The molecular formula is C28H32N2O4S2. The fourth-order valence-corrected chi connectivity index (χ4v) is 9.23. The normalized spacial score (nSPS) is 19.8. The lowest BCUT2D eigenvalue weighted by Gasteiger charge is -2.41. The van der Waals surface area contributed by atoms with E-state index in [1.807, 2.05) is 36.4 Å². The zero-order valence-corrected chi connectivity index (χ0v) is 22.1. The van der Waals surface area contributed by atoms with Gasteiger partial charge in [-0.1, -0.05) is 66.7 Å². The molecule has 1 unspecified atom stereocenters. The summed E-state index contributed by atoms with van der Waals surface area (Å²) in [5, 5.41) is 0. The molecule has 0 N–H and O–H groups in total. The zero-order valence-electron chi connectivity index (χ0n) is 20.5. The van der Waals surface area contributed by atoms with Crippen LogP contribution in [0.2, 0.25) is 0 Å². The standard InChI is InChI=1S/C28H32N2O4S2/c1-29(36(33,34)25-12-6-3-7-13-25)20-24(23-10-4-2-5-11-23)21-30-18-16-28(17-19-30)22-35(31,32)27-15-9-8-14-26(27)28/h2-15,24H,16-22H2,1H3. The molecule has 8 heteroatoms. The quantitative estimate of drug-likeness (QED) is 0.469. The predicted molar refractivity (Wildman–Crippen MR) is 141 cm³/mol. The maximum atomic E-state index is 13.2. The summed E-state index contributed by atoms with van der Waals surface area (Å²) < 4.78 is 53.5. The van der Waals surface area contributed by atoms with Crippen molar-refractivity contribution in [1.82, 2.24) is 9.21 Å². The smallest absolute Gasteiger partial charge is 0.242 e. The molecule has 190 valence electrons. The fourth-order valence-electron chi connectivity index (χ4n) is 5.76. The molecule has 3 aromatic carbocycles. The van der Waals surface area contributed by atoms with Gasteiger partial charge < -0.3 is 4.90 Å². The Morgan fingerprint density at radius 2 is 1.47 bits per heavy atom. The van der Waals surface area contributed by atoms with Crippen LogP contribution in [0, 0.1) is 0 Å². The summed E-state index contributed by atoms with van der Waals surface area (Å²) in [5.74, 6) is 0.177. The number of sulfone groups is 1. The third-order valence-electron chi connectivity index (χ3n) is 7.75. The van der Waals surface area contributed by atoms with Crippen molar-refractivity contribution in [1.29, 1.82) is 0 Å². The summed E-state index contributed by atoms with van der Waals surface area (Å²) in [6, 6.07) is 26.0. The van der Waals surface area contributed by atoms with Gasteiger partial charge in [0.25, 0.3) is 0 Å². The van der Waals surface area contributed by atoms with E-state index in [4.69, 9.17) is 0 Å². The van der Waals surface area contributed by atoms with Crippen LogP contribution in [0.4, 0.5) is 0 Å². The Kier molecular flexibility index (Phi) is 6.80. The Morgan fingerprint density at radius 1 is 0.889 bits per heavy atom. The van der Waals surface area contributed by atoms with Crippen molar-refractivity contribution in [3.05, 3.63) is 96.1 Å². The molecule has 1 spiro atoms. The lowest BCUT2D eigenvalue weighted by atomic mass is 9.74. The van der Waals surface area contributed by atoms with E-state index < -0.39 is 19.9 Å². The molecule has 0 bridgehead atoms. The first-order chi connectivity index (χ1) is 17.2. The van der Waals surface area contributed by atoms with Crippen LogP contribution < -0.4 is 0 Å². The molecule has 0 radical (unpaired) electrons. The minimum absolute atomic E-state index is 0.0108. The molecule has 5 rings (SSSR count). The van der Waals surface area contributed by atoms with Crippen LogP contribution in [-0.4, -0.2) is 65.0 Å². The highest BCUT2D eigenvalue weighted by atomic mass is 32.2. The first kappa shape index (κ1) is 25.1. The Labute approximate surface area is 214 Å². The Bertz CT molecular complexity index is 1420. The van der Waals surface area contributed by atoms with Crippen LogP contribution in [0.3, 0.4) is 0 Å². The number of hydrogen-bond acceptors (Lipinski definition) is 5. The number of nitrogens with zero attached hydrogens (tertiary/aromatic N) is 2. The van der Waals surface area contributed by atoms with Gasteiger partial charge in [-0.2, -0.15) is 0 Å². The van der Waals surface area contributed by atoms with Crippen molar-refractivity contribution in [2.75, 3.05) is 39.0 Å². The number of fused-ring (bicyclic) bond motifs is 2. The monoisotopic (exact) mass is 524 g/mol. The number of hydrogen-bond donors (Lipinski definition) is 0. The average Bonchev–Trinajstić information content (AvgIpc) is 3.12. The van der Waals surface area contributed by atoms with Gasteiger partial charge in [-0.25, -0.2) is 21.1 Å². The summed E-state index contributed by atoms with van der Waals surface area (Å²) in [6.45, 7) is 2.63. The summed E-state index contributed by atoms with van der Waals surface area (Å²) in [6.07, 6.45) is 1.56. The lowest BCUT2D eigenvalue weighted by molar-refractivity contribution is 0.159. The Hall–Kier alpha value is -2.52. The highest BCUT2D eigenvalue weighted by Gasteiger charge is 2.48. The van der Waals surface area contributed by atoms with E-state index in [1.54, 1.807) is 43.4 Å². The molecule has 6 nitrogen and oxygen atoms in total. The average molecular weight is 525 g/mol. The predicted octanol–water partition coefficient (Wildman–Crippen LogP) is 3.91.